The van der Waals surface area contributed by atoms with Gasteiger partial charge in [0.25, 0.3) is 0 Å². The smallest absolute Gasteiger partial charge is 0.341 e. The van der Waals surface area contributed by atoms with E-state index in [9.17, 15) is 4.79 Å². The van der Waals surface area contributed by atoms with Crippen LogP contribution in [0.5, 0.6) is 0 Å². The highest BCUT2D eigenvalue weighted by Gasteiger charge is 2.20. The number of aromatic nitrogens is 4. The van der Waals surface area contributed by atoms with Gasteiger partial charge in [-0.25, -0.2) is 24.7 Å². The number of carbonyl (C=O) groups excluding carboxylic acids is 1. The molecule has 5 rings (SSSR count). The first-order valence-corrected chi connectivity index (χ1v) is 12.1. The number of nitrogens with zero attached hydrogens (tertiary/aromatic N) is 5. The standard InChI is InChI=1S/C24H25N7O3S/c1-2-34-23(32)16-12-26-24(27-13-16)28-14-18-11-19-20(35-18)22(31-7-9-33-10-8-31)30-21(29-19)15-3-5-17(25)6-4-15/h3-6,11-13H,2,7-10,14,25H2,1H3,(H,26,27,28). The van der Waals surface area contributed by atoms with Gasteiger partial charge in [-0.3, -0.25) is 0 Å². The second-order valence-electron chi connectivity index (χ2n) is 7.89. The Hall–Kier alpha value is -3.83. The van der Waals surface area contributed by atoms with Crippen LogP contribution in [0.2, 0.25) is 0 Å². The van der Waals surface area contributed by atoms with Crippen LogP contribution in [0.3, 0.4) is 0 Å². The Morgan fingerprint density at radius 3 is 2.63 bits per heavy atom. The molecule has 0 bridgehead atoms. The molecule has 4 heterocycles. The summed E-state index contributed by atoms with van der Waals surface area (Å²) in [6.07, 6.45) is 2.91. The molecule has 180 valence electrons. The number of rotatable bonds is 7. The van der Waals surface area contributed by atoms with Gasteiger partial charge in [-0.2, -0.15) is 0 Å². The first kappa shape index (κ1) is 22.9. The van der Waals surface area contributed by atoms with E-state index in [1.807, 2.05) is 24.3 Å². The van der Waals surface area contributed by atoms with Crippen molar-refractivity contribution in [1.29, 1.82) is 0 Å². The topological polar surface area (TPSA) is 128 Å². The highest BCUT2D eigenvalue weighted by molar-refractivity contribution is 7.19. The number of nitrogens with two attached hydrogens (primary N) is 1. The highest BCUT2D eigenvalue weighted by Crippen LogP contribution is 2.34. The number of nitrogen functional groups attached to an aromatic ring is 1. The fraction of sp³-hybridized carbons (Fsp3) is 0.292. The van der Waals surface area contributed by atoms with E-state index < -0.39 is 5.97 Å². The van der Waals surface area contributed by atoms with Crippen LogP contribution in [0.4, 0.5) is 17.5 Å². The van der Waals surface area contributed by atoms with E-state index in [-0.39, 0.29) is 0 Å². The molecule has 1 aliphatic heterocycles. The van der Waals surface area contributed by atoms with E-state index in [2.05, 4.69) is 26.3 Å². The highest BCUT2D eigenvalue weighted by atomic mass is 32.1. The lowest BCUT2D eigenvalue weighted by Gasteiger charge is -2.28. The summed E-state index contributed by atoms with van der Waals surface area (Å²) >= 11 is 1.64. The minimum Gasteiger partial charge on any atom is -0.462 e. The van der Waals surface area contributed by atoms with Crippen LogP contribution in [-0.4, -0.2) is 58.8 Å². The van der Waals surface area contributed by atoms with Gasteiger partial charge in [-0.05, 0) is 37.3 Å². The maximum absolute atomic E-state index is 11.8. The van der Waals surface area contributed by atoms with Gasteiger partial charge in [-0.15, -0.1) is 11.3 Å². The summed E-state index contributed by atoms with van der Waals surface area (Å²) in [5, 5.41) is 3.21. The van der Waals surface area contributed by atoms with Crippen molar-refractivity contribution in [1.82, 2.24) is 19.9 Å². The van der Waals surface area contributed by atoms with Crippen LogP contribution >= 0.6 is 11.3 Å². The molecule has 3 N–H and O–H groups in total. The third kappa shape index (κ3) is 5.15. The molecule has 0 saturated carbocycles. The van der Waals surface area contributed by atoms with E-state index in [1.165, 1.54) is 12.4 Å². The Kier molecular flexibility index (Phi) is 6.68. The lowest BCUT2D eigenvalue weighted by molar-refractivity contribution is 0.0525. The number of thiophene rings is 1. The minimum absolute atomic E-state index is 0.306. The maximum atomic E-state index is 11.8. The van der Waals surface area contributed by atoms with E-state index in [0.29, 0.717) is 49.4 Å². The lowest BCUT2D eigenvalue weighted by atomic mass is 10.2. The molecule has 1 aromatic carbocycles. The molecular weight excluding hydrogens is 466 g/mol. The molecule has 3 aromatic heterocycles. The number of anilines is 3. The van der Waals surface area contributed by atoms with Gasteiger partial charge in [0.05, 0.1) is 42.1 Å². The Bertz CT molecular complexity index is 1320. The molecule has 0 atom stereocenters. The zero-order chi connectivity index (χ0) is 24.2. The van der Waals surface area contributed by atoms with E-state index in [1.54, 1.807) is 18.3 Å². The molecule has 10 nitrogen and oxygen atoms in total. The van der Waals surface area contributed by atoms with Crippen LogP contribution in [-0.2, 0) is 16.0 Å². The van der Waals surface area contributed by atoms with Crippen LogP contribution in [0.1, 0.15) is 22.2 Å². The van der Waals surface area contributed by atoms with Gasteiger partial charge in [-0.1, -0.05) is 0 Å². The molecule has 0 unspecified atom stereocenters. The number of fused-ring (bicyclic) bond motifs is 1. The Morgan fingerprint density at radius 2 is 1.91 bits per heavy atom. The van der Waals surface area contributed by atoms with E-state index in [4.69, 9.17) is 25.2 Å². The largest absolute Gasteiger partial charge is 0.462 e. The summed E-state index contributed by atoms with van der Waals surface area (Å²) in [6, 6.07) is 9.64. The summed E-state index contributed by atoms with van der Waals surface area (Å²) in [7, 11) is 0. The lowest BCUT2D eigenvalue weighted by Crippen LogP contribution is -2.36. The third-order valence-corrected chi connectivity index (χ3v) is 6.59. The van der Waals surface area contributed by atoms with Crippen molar-refractivity contribution < 1.29 is 14.3 Å². The zero-order valence-corrected chi connectivity index (χ0v) is 20.0. The van der Waals surface area contributed by atoms with Gasteiger partial charge in [0, 0.05) is 41.6 Å². The van der Waals surface area contributed by atoms with Gasteiger partial charge in [0.15, 0.2) is 11.6 Å². The fourth-order valence-electron chi connectivity index (χ4n) is 3.71. The van der Waals surface area contributed by atoms with Crippen molar-refractivity contribution in [2.24, 2.45) is 0 Å². The second kappa shape index (κ2) is 10.2. The Morgan fingerprint density at radius 1 is 1.17 bits per heavy atom. The molecule has 0 spiro atoms. The number of carbonyl (C=O) groups is 1. The summed E-state index contributed by atoms with van der Waals surface area (Å²) < 4.78 is 11.5. The zero-order valence-electron chi connectivity index (χ0n) is 19.2. The third-order valence-electron chi connectivity index (χ3n) is 5.47. The summed E-state index contributed by atoms with van der Waals surface area (Å²) in [6.45, 7) is 5.47. The molecule has 0 amide bonds. The Labute approximate surface area is 206 Å². The van der Waals surface area contributed by atoms with Crippen molar-refractivity contribution in [3.63, 3.8) is 0 Å². The maximum Gasteiger partial charge on any atom is 0.341 e. The van der Waals surface area contributed by atoms with Crippen molar-refractivity contribution in [2.45, 2.75) is 13.5 Å². The van der Waals surface area contributed by atoms with Gasteiger partial charge in [0.1, 0.15) is 0 Å². The van der Waals surface area contributed by atoms with Crippen LogP contribution in [0, 0.1) is 0 Å². The Balaban J connectivity index is 1.41. The predicted molar refractivity (Wildman–Crippen MR) is 136 cm³/mol. The fourth-order valence-corrected chi connectivity index (χ4v) is 4.76. The number of hydrogen-bond acceptors (Lipinski definition) is 11. The molecule has 11 heteroatoms. The first-order chi connectivity index (χ1) is 17.1. The minimum atomic E-state index is -0.435. The van der Waals surface area contributed by atoms with Crippen molar-refractivity contribution in [2.75, 3.05) is 48.9 Å². The average molecular weight is 492 g/mol. The molecule has 1 saturated heterocycles. The summed E-state index contributed by atoms with van der Waals surface area (Å²) in [5.74, 6) is 1.57. The van der Waals surface area contributed by atoms with Crippen molar-refractivity contribution in [3.8, 4) is 11.4 Å². The number of esters is 1. The summed E-state index contributed by atoms with van der Waals surface area (Å²) in [4.78, 5) is 33.3. The first-order valence-electron chi connectivity index (χ1n) is 11.3. The van der Waals surface area contributed by atoms with Gasteiger partial charge >= 0.3 is 5.97 Å². The predicted octanol–water partition coefficient (Wildman–Crippen LogP) is 3.36. The number of nitrogens with one attached hydrogen (secondary N) is 1. The second-order valence-corrected chi connectivity index (χ2v) is 9.03. The van der Waals surface area contributed by atoms with E-state index >= 15 is 0 Å². The molecular formula is C24H25N7O3S. The molecule has 4 aromatic rings. The number of morpholine rings is 1. The number of hydrogen-bond donors (Lipinski definition) is 2. The molecule has 1 fully saturated rings. The van der Waals surface area contributed by atoms with E-state index in [0.717, 1.165) is 39.6 Å². The SMILES string of the molecule is CCOC(=O)c1cnc(NCc2cc3nc(-c4ccc(N)cc4)nc(N4CCOCC4)c3s2)nc1. The summed E-state index contributed by atoms with van der Waals surface area (Å²) in [5.41, 5.74) is 8.68. The van der Waals surface area contributed by atoms with Crippen molar-refractivity contribution >= 4 is 45.0 Å². The number of benzene rings is 1. The molecule has 1 aliphatic rings. The molecule has 0 aliphatic carbocycles. The molecule has 35 heavy (non-hydrogen) atoms. The monoisotopic (exact) mass is 491 g/mol. The van der Waals surface area contributed by atoms with Crippen LogP contribution in [0.25, 0.3) is 21.6 Å². The quantitative estimate of drug-likeness (QED) is 0.293. The average Bonchev–Trinajstić information content (AvgIpc) is 3.31. The van der Waals surface area contributed by atoms with Gasteiger partial charge < -0.3 is 25.4 Å². The van der Waals surface area contributed by atoms with Crippen LogP contribution in [0.15, 0.2) is 42.7 Å². The van der Waals surface area contributed by atoms with Crippen molar-refractivity contribution in [3.05, 3.63) is 53.2 Å². The van der Waals surface area contributed by atoms with Crippen LogP contribution < -0.4 is 16.0 Å². The number of ether oxygens (including phenoxy) is 2. The van der Waals surface area contributed by atoms with Gasteiger partial charge in [0.2, 0.25) is 5.95 Å². The normalized spacial score (nSPS) is 13.7. The molecule has 0 radical (unpaired) electrons.